The molecule has 0 radical (unpaired) electrons. The van der Waals surface area contributed by atoms with Crippen LogP contribution in [0, 0.1) is 23.7 Å². The fourth-order valence-electron chi connectivity index (χ4n) is 3.16. The average molecular weight is 283 g/mol. The number of carbonyl (C=O) groups excluding carboxylic acids is 2. The summed E-state index contributed by atoms with van der Waals surface area (Å²) in [6.07, 6.45) is 5.21. The number of anilines is 1. The Hall–Kier alpha value is -2.19. The summed E-state index contributed by atoms with van der Waals surface area (Å²) in [5, 5.41) is 0. The number of hydrogen-bond acceptors (Lipinski definition) is 4. The van der Waals surface area contributed by atoms with Crippen molar-refractivity contribution in [2.75, 3.05) is 11.4 Å². The summed E-state index contributed by atoms with van der Waals surface area (Å²) in [5.74, 6) is 5.49. The van der Waals surface area contributed by atoms with Gasteiger partial charge in [0, 0.05) is 11.8 Å². The smallest absolute Gasteiger partial charge is 0.238 e. The third kappa shape index (κ3) is 2.43. The van der Waals surface area contributed by atoms with Gasteiger partial charge in [-0.3, -0.25) is 9.59 Å². The number of imide groups is 1. The normalized spacial score (nSPS) is 24.5. The molecule has 1 saturated carbocycles. The number of fused-ring (bicyclic) bond motifs is 1. The Bertz CT molecular complexity index is 620. The van der Waals surface area contributed by atoms with Crippen LogP contribution in [0.1, 0.15) is 31.2 Å². The molecule has 2 unspecified atom stereocenters. The van der Waals surface area contributed by atoms with Crippen molar-refractivity contribution in [1.29, 1.82) is 0 Å². The first-order valence-corrected chi connectivity index (χ1v) is 7.25. The predicted molar refractivity (Wildman–Crippen MR) is 78.1 cm³/mol. The Kier molecular flexibility index (Phi) is 3.72. The number of pyridine rings is 1. The van der Waals surface area contributed by atoms with Gasteiger partial charge >= 0.3 is 0 Å². The fraction of sp³-hybridized carbons (Fsp3) is 0.438. The van der Waals surface area contributed by atoms with E-state index in [0.717, 1.165) is 25.7 Å². The summed E-state index contributed by atoms with van der Waals surface area (Å²) in [4.78, 5) is 30.4. The van der Waals surface area contributed by atoms with Gasteiger partial charge in [0.25, 0.3) is 0 Å². The Labute approximate surface area is 123 Å². The molecule has 2 N–H and O–H groups in total. The summed E-state index contributed by atoms with van der Waals surface area (Å²) < 4.78 is 0. The molecule has 5 heteroatoms. The molecule has 2 heterocycles. The van der Waals surface area contributed by atoms with Gasteiger partial charge in [-0.15, -0.1) is 0 Å². The molecule has 1 aromatic rings. The molecule has 1 aliphatic carbocycles. The van der Waals surface area contributed by atoms with E-state index in [2.05, 4.69) is 16.8 Å². The lowest BCUT2D eigenvalue weighted by atomic mass is 9.81. The van der Waals surface area contributed by atoms with Crippen LogP contribution in [0.15, 0.2) is 18.3 Å². The van der Waals surface area contributed by atoms with E-state index in [1.54, 1.807) is 18.3 Å². The van der Waals surface area contributed by atoms with Gasteiger partial charge in [0.15, 0.2) is 0 Å². The van der Waals surface area contributed by atoms with Gasteiger partial charge < -0.3 is 5.73 Å². The van der Waals surface area contributed by atoms with Crippen LogP contribution in [0.2, 0.25) is 0 Å². The monoisotopic (exact) mass is 283 g/mol. The second-order valence-corrected chi connectivity index (χ2v) is 5.42. The molecule has 1 aromatic heterocycles. The zero-order valence-electron chi connectivity index (χ0n) is 11.7. The van der Waals surface area contributed by atoms with Crippen molar-refractivity contribution in [1.82, 2.24) is 4.98 Å². The number of nitrogens with zero attached hydrogens (tertiary/aromatic N) is 2. The Morgan fingerprint density at radius 1 is 1.24 bits per heavy atom. The molecule has 2 amide bonds. The lowest BCUT2D eigenvalue weighted by molar-refractivity contribution is -0.122. The maximum Gasteiger partial charge on any atom is 0.238 e. The van der Waals surface area contributed by atoms with Crippen LogP contribution in [0.3, 0.4) is 0 Å². The number of carbonyl (C=O) groups is 2. The molecule has 0 spiro atoms. The van der Waals surface area contributed by atoms with Gasteiger partial charge in [0.1, 0.15) is 5.82 Å². The van der Waals surface area contributed by atoms with Gasteiger partial charge in [0.05, 0.1) is 18.4 Å². The second kappa shape index (κ2) is 5.66. The van der Waals surface area contributed by atoms with Crippen LogP contribution >= 0.6 is 0 Å². The van der Waals surface area contributed by atoms with E-state index in [1.165, 1.54) is 4.90 Å². The molecule has 2 aliphatic rings. The topological polar surface area (TPSA) is 76.3 Å². The van der Waals surface area contributed by atoms with E-state index in [9.17, 15) is 9.59 Å². The van der Waals surface area contributed by atoms with Crippen molar-refractivity contribution >= 4 is 17.6 Å². The van der Waals surface area contributed by atoms with Gasteiger partial charge in [-0.25, -0.2) is 9.88 Å². The lowest BCUT2D eigenvalue weighted by Crippen LogP contribution is -2.31. The molecular weight excluding hydrogens is 266 g/mol. The first kappa shape index (κ1) is 13.8. The highest BCUT2D eigenvalue weighted by Gasteiger charge is 2.49. The Morgan fingerprint density at radius 3 is 2.52 bits per heavy atom. The first-order chi connectivity index (χ1) is 10.2. The molecule has 1 saturated heterocycles. The first-order valence-electron chi connectivity index (χ1n) is 7.25. The van der Waals surface area contributed by atoms with E-state index in [0.29, 0.717) is 11.4 Å². The highest BCUT2D eigenvalue weighted by molar-refractivity contribution is 6.21. The molecule has 2 fully saturated rings. The van der Waals surface area contributed by atoms with Crippen LogP contribution in [0.4, 0.5) is 5.82 Å². The quantitative estimate of drug-likeness (QED) is 0.618. The maximum atomic E-state index is 12.5. The third-order valence-electron chi connectivity index (χ3n) is 4.15. The van der Waals surface area contributed by atoms with Crippen LogP contribution in [-0.2, 0) is 9.59 Å². The lowest BCUT2D eigenvalue weighted by Gasteiger charge is -2.19. The summed E-state index contributed by atoms with van der Waals surface area (Å²) >= 11 is 0. The molecule has 0 bridgehead atoms. The predicted octanol–water partition coefficient (Wildman–Crippen LogP) is 1.07. The minimum Gasteiger partial charge on any atom is -0.320 e. The number of rotatable bonds is 1. The summed E-state index contributed by atoms with van der Waals surface area (Å²) in [5.41, 5.74) is 6.06. The largest absolute Gasteiger partial charge is 0.320 e. The molecule has 0 aromatic carbocycles. The molecule has 5 nitrogen and oxygen atoms in total. The van der Waals surface area contributed by atoms with E-state index in [4.69, 9.17) is 5.73 Å². The highest BCUT2D eigenvalue weighted by atomic mass is 16.2. The van der Waals surface area contributed by atoms with Crippen LogP contribution in [0.25, 0.3) is 0 Å². The van der Waals surface area contributed by atoms with Gasteiger partial charge in [-0.05, 0) is 25.0 Å². The molecule has 2 atom stereocenters. The Balaban J connectivity index is 1.93. The fourth-order valence-corrected chi connectivity index (χ4v) is 3.16. The van der Waals surface area contributed by atoms with E-state index < -0.39 is 0 Å². The van der Waals surface area contributed by atoms with E-state index in [-0.39, 0.29) is 30.2 Å². The molecule has 1 aliphatic heterocycles. The number of amides is 2. The van der Waals surface area contributed by atoms with Crippen LogP contribution in [0.5, 0.6) is 0 Å². The molecule has 108 valence electrons. The zero-order valence-corrected chi connectivity index (χ0v) is 11.7. The van der Waals surface area contributed by atoms with Crippen LogP contribution < -0.4 is 10.6 Å². The van der Waals surface area contributed by atoms with Crippen molar-refractivity contribution < 1.29 is 9.59 Å². The van der Waals surface area contributed by atoms with Crippen molar-refractivity contribution in [2.24, 2.45) is 17.6 Å². The van der Waals surface area contributed by atoms with Gasteiger partial charge in [0.2, 0.25) is 11.8 Å². The number of hydrogen-bond donors (Lipinski definition) is 1. The number of aromatic nitrogens is 1. The van der Waals surface area contributed by atoms with Crippen molar-refractivity contribution in [2.45, 2.75) is 25.7 Å². The molecule has 3 rings (SSSR count). The standard InChI is InChI=1S/C16H17N3O2/c17-8-3-4-11-7-9-18-14(10-11)19-15(20)12-5-1-2-6-13(12)16(19)21/h7,9-10,12-13H,1-2,5-6,8,17H2. The number of nitrogens with two attached hydrogens (primary N) is 1. The molecule has 21 heavy (non-hydrogen) atoms. The van der Waals surface area contributed by atoms with E-state index >= 15 is 0 Å². The minimum atomic E-state index is -0.160. The second-order valence-electron chi connectivity index (χ2n) is 5.42. The zero-order chi connectivity index (χ0) is 14.8. The SMILES string of the molecule is NCC#Cc1ccnc(N2C(=O)C3CCCCC3C2=O)c1. The van der Waals surface area contributed by atoms with Crippen molar-refractivity contribution in [3.05, 3.63) is 23.9 Å². The van der Waals surface area contributed by atoms with Gasteiger partial charge in [-0.2, -0.15) is 0 Å². The van der Waals surface area contributed by atoms with Crippen molar-refractivity contribution in [3.63, 3.8) is 0 Å². The average Bonchev–Trinajstić information content (AvgIpc) is 2.78. The summed E-state index contributed by atoms with van der Waals surface area (Å²) in [6, 6.07) is 3.42. The summed E-state index contributed by atoms with van der Waals surface area (Å²) in [6.45, 7) is 0.267. The Morgan fingerprint density at radius 2 is 1.90 bits per heavy atom. The molecular formula is C16H17N3O2. The van der Waals surface area contributed by atoms with E-state index in [1.807, 2.05) is 0 Å². The minimum absolute atomic E-state index is 0.110. The third-order valence-corrected chi connectivity index (χ3v) is 4.15. The van der Waals surface area contributed by atoms with Crippen LogP contribution in [-0.4, -0.2) is 23.3 Å². The summed E-state index contributed by atoms with van der Waals surface area (Å²) in [7, 11) is 0. The van der Waals surface area contributed by atoms with Gasteiger partial charge in [-0.1, -0.05) is 24.7 Å². The van der Waals surface area contributed by atoms with Crippen molar-refractivity contribution in [3.8, 4) is 11.8 Å². The highest BCUT2D eigenvalue weighted by Crippen LogP contribution is 2.39. The maximum absolute atomic E-state index is 12.5.